The molecule has 1 aromatic heterocycles. The van der Waals surface area contributed by atoms with E-state index in [4.69, 9.17) is 4.74 Å². The average Bonchev–Trinajstić information content (AvgIpc) is 3.07. The summed E-state index contributed by atoms with van der Waals surface area (Å²) in [5.74, 6) is -1.40. The van der Waals surface area contributed by atoms with E-state index in [0.29, 0.717) is 11.6 Å². The molecule has 0 spiro atoms. The molecule has 2 aromatic carbocycles. The van der Waals surface area contributed by atoms with Crippen LogP contribution in [0.3, 0.4) is 0 Å². The van der Waals surface area contributed by atoms with E-state index in [2.05, 4.69) is 10.3 Å². The predicted octanol–water partition coefficient (Wildman–Crippen LogP) is 3.23. The molecule has 0 aliphatic carbocycles. The normalized spacial score (nSPS) is 11.8. The Morgan fingerprint density at radius 3 is 2.65 bits per heavy atom. The highest BCUT2D eigenvalue weighted by Gasteiger charge is 2.22. The molecule has 134 valence electrons. The summed E-state index contributed by atoms with van der Waals surface area (Å²) in [6.45, 7) is 0. The Morgan fingerprint density at radius 1 is 1.19 bits per heavy atom. The first kappa shape index (κ1) is 17.6. The molecule has 1 amide bonds. The minimum absolute atomic E-state index is 0.0194. The maximum absolute atomic E-state index is 13.4. The van der Waals surface area contributed by atoms with Gasteiger partial charge in [-0.05, 0) is 35.9 Å². The number of nitrogens with one attached hydrogen (secondary N) is 1. The Balaban J connectivity index is 1.97. The van der Waals surface area contributed by atoms with Crippen molar-refractivity contribution in [3.63, 3.8) is 0 Å². The van der Waals surface area contributed by atoms with E-state index in [1.165, 1.54) is 6.07 Å². The number of rotatable bonds is 5. The number of methoxy groups -OCH3 is 1. The van der Waals surface area contributed by atoms with Gasteiger partial charge in [-0.1, -0.05) is 12.1 Å². The SMILES string of the molecule is COc1cccc(C(NC(=O)c2ccc(F)c(F)c2)c2nccn2C)c1. The monoisotopic (exact) mass is 357 g/mol. The second kappa shape index (κ2) is 7.35. The number of halogens is 2. The molecule has 1 atom stereocenters. The Labute approximate surface area is 149 Å². The van der Waals surface area contributed by atoms with Gasteiger partial charge in [0, 0.05) is 25.0 Å². The summed E-state index contributed by atoms with van der Waals surface area (Å²) >= 11 is 0. The maximum Gasteiger partial charge on any atom is 0.252 e. The highest BCUT2D eigenvalue weighted by molar-refractivity contribution is 5.94. The lowest BCUT2D eigenvalue weighted by atomic mass is 10.0. The van der Waals surface area contributed by atoms with E-state index in [9.17, 15) is 13.6 Å². The fraction of sp³-hybridized carbons (Fsp3) is 0.158. The number of nitrogens with zero attached hydrogens (tertiary/aromatic N) is 2. The van der Waals surface area contributed by atoms with Gasteiger partial charge in [-0.25, -0.2) is 13.8 Å². The highest BCUT2D eigenvalue weighted by atomic mass is 19.2. The quantitative estimate of drug-likeness (QED) is 0.763. The number of aryl methyl sites for hydroxylation is 1. The Kier molecular flexibility index (Phi) is 4.97. The van der Waals surface area contributed by atoms with E-state index in [-0.39, 0.29) is 5.56 Å². The standard InChI is InChI=1S/C19H17F2N3O2/c1-24-9-8-22-18(24)17(12-4-3-5-14(10-12)26-2)23-19(25)13-6-7-15(20)16(21)11-13/h3-11,17H,1-2H3,(H,23,25). The largest absolute Gasteiger partial charge is 0.497 e. The third-order valence-corrected chi connectivity index (χ3v) is 4.00. The van der Waals surface area contributed by atoms with Crippen LogP contribution in [0.2, 0.25) is 0 Å². The van der Waals surface area contributed by atoms with E-state index < -0.39 is 23.6 Å². The fourth-order valence-electron chi connectivity index (χ4n) is 2.63. The molecule has 1 N–H and O–H groups in total. The molecule has 0 bridgehead atoms. The van der Waals surface area contributed by atoms with Crippen molar-refractivity contribution in [3.05, 3.63) is 83.4 Å². The molecule has 0 radical (unpaired) electrons. The van der Waals surface area contributed by atoms with E-state index in [1.807, 2.05) is 6.07 Å². The molecule has 3 rings (SSSR count). The summed E-state index contributed by atoms with van der Waals surface area (Å²) in [5, 5.41) is 2.82. The van der Waals surface area contributed by atoms with Crippen LogP contribution in [0.15, 0.2) is 54.9 Å². The zero-order chi connectivity index (χ0) is 18.7. The van der Waals surface area contributed by atoms with Crippen LogP contribution >= 0.6 is 0 Å². The Hall–Kier alpha value is -3.22. The molecule has 7 heteroatoms. The second-order valence-corrected chi connectivity index (χ2v) is 5.71. The van der Waals surface area contributed by atoms with Gasteiger partial charge in [-0.3, -0.25) is 4.79 Å². The summed E-state index contributed by atoms with van der Waals surface area (Å²) in [6, 6.07) is 9.62. The van der Waals surface area contributed by atoms with E-state index in [1.54, 1.807) is 49.3 Å². The van der Waals surface area contributed by atoms with Crippen molar-refractivity contribution in [2.45, 2.75) is 6.04 Å². The van der Waals surface area contributed by atoms with Crippen molar-refractivity contribution in [2.75, 3.05) is 7.11 Å². The van der Waals surface area contributed by atoms with Crippen molar-refractivity contribution in [2.24, 2.45) is 7.05 Å². The summed E-state index contributed by atoms with van der Waals surface area (Å²) in [6.07, 6.45) is 3.37. The zero-order valence-electron chi connectivity index (χ0n) is 14.2. The number of benzene rings is 2. The molecule has 26 heavy (non-hydrogen) atoms. The van der Waals surface area contributed by atoms with Gasteiger partial charge < -0.3 is 14.6 Å². The molecule has 3 aromatic rings. The number of carbonyl (C=O) groups excluding carboxylic acids is 1. The number of aromatic nitrogens is 2. The number of hydrogen-bond donors (Lipinski definition) is 1. The summed E-state index contributed by atoms with van der Waals surface area (Å²) in [7, 11) is 3.36. The van der Waals surface area contributed by atoms with Gasteiger partial charge in [0.2, 0.25) is 0 Å². The van der Waals surface area contributed by atoms with Crippen molar-refractivity contribution in [3.8, 4) is 5.75 Å². The van der Waals surface area contributed by atoms with Crippen LogP contribution in [-0.4, -0.2) is 22.6 Å². The lowest BCUT2D eigenvalue weighted by molar-refractivity contribution is 0.0940. The molecular formula is C19H17F2N3O2. The average molecular weight is 357 g/mol. The van der Waals surface area contributed by atoms with Crippen LogP contribution in [0.1, 0.15) is 27.8 Å². The van der Waals surface area contributed by atoms with Crippen LogP contribution in [0.4, 0.5) is 8.78 Å². The molecule has 1 heterocycles. The van der Waals surface area contributed by atoms with Crippen molar-refractivity contribution < 1.29 is 18.3 Å². The Morgan fingerprint density at radius 2 is 2.00 bits per heavy atom. The molecule has 0 saturated carbocycles. The van der Waals surface area contributed by atoms with Crippen molar-refractivity contribution in [1.29, 1.82) is 0 Å². The lowest BCUT2D eigenvalue weighted by Crippen LogP contribution is -2.31. The molecule has 1 unspecified atom stereocenters. The molecule has 5 nitrogen and oxygen atoms in total. The lowest BCUT2D eigenvalue weighted by Gasteiger charge is -2.20. The second-order valence-electron chi connectivity index (χ2n) is 5.71. The first-order valence-electron chi connectivity index (χ1n) is 7.86. The first-order chi connectivity index (χ1) is 12.5. The topological polar surface area (TPSA) is 56.1 Å². The van der Waals surface area contributed by atoms with E-state index >= 15 is 0 Å². The number of carbonyl (C=O) groups is 1. The first-order valence-corrected chi connectivity index (χ1v) is 7.86. The van der Waals surface area contributed by atoms with Crippen LogP contribution < -0.4 is 10.1 Å². The van der Waals surface area contributed by atoms with Crippen LogP contribution in [0.25, 0.3) is 0 Å². The molecule has 0 aliphatic rings. The van der Waals surface area contributed by atoms with Gasteiger partial charge in [-0.2, -0.15) is 0 Å². The minimum atomic E-state index is -1.08. The zero-order valence-corrected chi connectivity index (χ0v) is 14.2. The van der Waals surface area contributed by atoms with Crippen molar-refractivity contribution >= 4 is 5.91 Å². The third kappa shape index (κ3) is 3.56. The third-order valence-electron chi connectivity index (χ3n) is 4.00. The fourth-order valence-corrected chi connectivity index (χ4v) is 2.63. The summed E-state index contributed by atoms with van der Waals surface area (Å²) in [5.41, 5.74) is 0.764. The van der Waals surface area contributed by atoms with Gasteiger partial charge >= 0.3 is 0 Å². The van der Waals surface area contributed by atoms with Crippen LogP contribution in [0.5, 0.6) is 5.75 Å². The summed E-state index contributed by atoms with van der Waals surface area (Å²) in [4.78, 5) is 16.9. The van der Waals surface area contributed by atoms with Gasteiger partial charge in [0.15, 0.2) is 11.6 Å². The smallest absolute Gasteiger partial charge is 0.252 e. The van der Waals surface area contributed by atoms with Crippen LogP contribution in [0, 0.1) is 11.6 Å². The molecule has 0 saturated heterocycles. The number of imidazole rings is 1. The van der Waals surface area contributed by atoms with Gasteiger partial charge in [0.1, 0.15) is 17.6 Å². The van der Waals surface area contributed by atoms with E-state index in [0.717, 1.165) is 17.7 Å². The molecule has 0 aliphatic heterocycles. The highest BCUT2D eigenvalue weighted by Crippen LogP contribution is 2.24. The van der Waals surface area contributed by atoms with Crippen molar-refractivity contribution in [1.82, 2.24) is 14.9 Å². The Bertz CT molecular complexity index is 940. The minimum Gasteiger partial charge on any atom is -0.497 e. The molecule has 0 fully saturated rings. The number of hydrogen-bond acceptors (Lipinski definition) is 3. The van der Waals surface area contributed by atoms with Gasteiger partial charge in [-0.15, -0.1) is 0 Å². The summed E-state index contributed by atoms with van der Waals surface area (Å²) < 4.78 is 33.6. The van der Waals surface area contributed by atoms with Gasteiger partial charge in [0.05, 0.1) is 7.11 Å². The van der Waals surface area contributed by atoms with Gasteiger partial charge in [0.25, 0.3) is 5.91 Å². The number of amides is 1. The predicted molar refractivity (Wildman–Crippen MR) is 91.9 cm³/mol. The molecular weight excluding hydrogens is 340 g/mol. The maximum atomic E-state index is 13.4. The number of ether oxygens (including phenoxy) is 1. The van der Waals surface area contributed by atoms with Crippen LogP contribution in [-0.2, 0) is 7.05 Å².